The molecule has 0 spiro atoms. The Morgan fingerprint density at radius 3 is 1.71 bits per heavy atom. The molecular weight excluding hydrogens is 639 g/mol. The lowest BCUT2D eigenvalue weighted by Crippen LogP contribution is -2.00. The van der Waals surface area contributed by atoms with Crippen LogP contribution in [0.2, 0.25) is 0 Å². The average molecular weight is 668 g/mol. The van der Waals surface area contributed by atoms with Crippen molar-refractivity contribution < 1.29 is 4.42 Å². The molecule has 0 fully saturated rings. The highest BCUT2D eigenvalue weighted by Gasteiger charge is 2.19. The number of aromatic nitrogens is 5. The second-order valence-electron chi connectivity index (χ2n) is 12.7. The van der Waals surface area contributed by atoms with Gasteiger partial charge in [-0.15, -0.1) is 0 Å². The topological polar surface area (TPSA) is 69.6 Å². The van der Waals surface area contributed by atoms with Gasteiger partial charge in [0, 0.05) is 38.7 Å². The Balaban J connectivity index is 1.10. The maximum absolute atomic E-state index is 6.28. The fourth-order valence-corrected chi connectivity index (χ4v) is 7.06. The van der Waals surface area contributed by atoms with Gasteiger partial charge >= 0.3 is 0 Å². The van der Waals surface area contributed by atoms with E-state index in [9.17, 15) is 0 Å². The molecule has 0 amide bonds. The van der Waals surface area contributed by atoms with E-state index >= 15 is 0 Å². The van der Waals surface area contributed by atoms with Gasteiger partial charge in [-0.05, 0) is 59.7 Å². The SMILES string of the molecule is c1ccc(-c2nc(-c3ccccc3)nc(-c3cccc(-c4cccc(-n5c6ccccc6c6c(-c7nc8ccccc8o7)cccc65)c4)c3)n2)cc1. The Bertz CT molecular complexity index is 2820. The summed E-state index contributed by atoms with van der Waals surface area (Å²) in [5.41, 5.74) is 10.8. The molecule has 0 unspecified atom stereocenters. The number of fused-ring (bicyclic) bond motifs is 4. The lowest BCUT2D eigenvalue weighted by molar-refractivity contribution is 0.620. The first-order valence-electron chi connectivity index (χ1n) is 17.2. The number of hydrogen-bond acceptors (Lipinski definition) is 5. The fourth-order valence-electron chi connectivity index (χ4n) is 7.06. The molecule has 0 saturated heterocycles. The molecule has 10 rings (SSSR count). The van der Waals surface area contributed by atoms with E-state index in [2.05, 4.69) is 95.6 Å². The second-order valence-corrected chi connectivity index (χ2v) is 12.7. The first-order valence-corrected chi connectivity index (χ1v) is 17.2. The predicted molar refractivity (Wildman–Crippen MR) is 209 cm³/mol. The van der Waals surface area contributed by atoms with Crippen molar-refractivity contribution in [3.63, 3.8) is 0 Å². The highest BCUT2D eigenvalue weighted by Crippen LogP contribution is 2.39. The maximum Gasteiger partial charge on any atom is 0.228 e. The average Bonchev–Trinajstić information content (AvgIpc) is 3.81. The summed E-state index contributed by atoms with van der Waals surface area (Å²) in [6.07, 6.45) is 0. The Labute approximate surface area is 299 Å². The molecule has 0 saturated carbocycles. The van der Waals surface area contributed by atoms with Gasteiger partial charge in [-0.2, -0.15) is 0 Å². The van der Waals surface area contributed by atoms with Gasteiger partial charge in [0.05, 0.1) is 11.0 Å². The normalized spacial score (nSPS) is 11.5. The molecule has 7 aromatic carbocycles. The molecule has 3 heterocycles. The zero-order valence-electron chi connectivity index (χ0n) is 27.9. The highest BCUT2D eigenvalue weighted by molar-refractivity contribution is 6.15. The van der Waals surface area contributed by atoms with Crippen molar-refractivity contribution in [2.75, 3.05) is 0 Å². The van der Waals surface area contributed by atoms with Crippen LogP contribution in [0.15, 0.2) is 180 Å². The summed E-state index contributed by atoms with van der Waals surface area (Å²) in [7, 11) is 0. The number of benzene rings is 7. The molecule has 244 valence electrons. The molecule has 0 aliphatic heterocycles. The molecule has 0 aliphatic carbocycles. The zero-order chi connectivity index (χ0) is 34.4. The van der Waals surface area contributed by atoms with Crippen molar-refractivity contribution in [2.45, 2.75) is 0 Å². The van der Waals surface area contributed by atoms with E-state index in [1.54, 1.807) is 0 Å². The Hall–Kier alpha value is -7.18. The van der Waals surface area contributed by atoms with Gasteiger partial charge in [0.25, 0.3) is 0 Å². The minimum Gasteiger partial charge on any atom is -0.436 e. The van der Waals surface area contributed by atoms with Gasteiger partial charge in [-0.25, -0.2) is 19.9 Å². The summed E-state index contributed by atoms with van der Waals surface area (Å²) in [6, 6.07) is 60.0. The second kappa shape index (κ2) is 12.3. The number of hydrogen-bond donors (Lipinski definition) is 0. The van der Waals surface area contributed by atoms with Crippen molar-refractivity contribution in [3.05, 3.63) is 176 Å². The van der Waals surface area contributed by atoms with Gasteiger partial charge < -0.3 is 8.98 Å². The number of nitrogens with zero attached hydrogens (tertiary/aromatic N) is 5. The first-order chi connectivity index (χ1) is 25.8. The molecule has 52 heavy (non-hydrogen) atoms. The van der Waals surface area contributed by atoms with E-state index in [0.717, 1.165) is 72.0 Å². The summed E-state index contributed by atoms with van der Waals surface area (Å²) in [4.78, 5) is 19.7. The van der Waals surface area contributed by atoms with Crippen molar-refractivity contribution in [1.29, 1.82) is 0 Å². The van der Waals surface area contributed by atoms with Crippen LogP contribution in [-0.2, 0) is 0 Å². The van der Waals surface area contributed by atoms with Crippen LogP contribution < -0.4 is 0 Å². The van der Waals surface area contributed by atoms with Crippen LogP contribution >= 0.6 is 0 Å². The smallest absolute Gasteiger partial charge is 0.228 e. The first kappa shape index (κ1) is 29.7. The Morgan fingerprint density at radius 2 is 0.962 bits per heavy atom. The molecular formula is C46H29N5O. The Kier molecular flexibility index (Phi) is 7.03. The molecule has 0 N–H and O–H groups in total. The van der Waals surface area contributed by atoms with Gasteiger partial charge in [-0.3, -0.25) is 0 Å². The van der Waals surface area contributed by atoms with Gasteiger partial charge in [-0.1, -0.05) is 127 Å². The number of oxazole rings is 1. The summed E-state index contributed by atoms with van der Waals surface area (Å²) in [5, 5.41) is 2.25. The van der Waals surface area contributed by atoms with E-state index in [-0.39, 0.29) is 0 Å². The highest BCUT2D eigenvalue weighted by atomic mass is 16.3. The van der Waals surface area contributed by atoms with E-state index < -0.39 is 0 Å². The molecule has 3 aromatic heterocycles. The minimum absolute atomic E-state index is 0.615. The monoisotopic (exact) mass is 667 g/mol. The number of para-hydroxylation sites is 3. The van der Waals surface area contributed by atoms with E-state index in [1.165, 1.54) is 0 Å². The zero-order valence-corrected chi connectivity index (χ0v) is 27.9. The van der Waals surface area contributed by atoms with Crippen molar-refractivity contribution in [3.8, 4) is 62.4 Å². The van der Waals surface area contributed by atoms with Gasteiger partial charge in [0.1, 0.15) is 5.52 Å². The minimum atomic E-state index is 0.615. The molecule has 6 nitrogen and oxygen atoms in total. The standard InChI is InChI=1S/C46H29N5O/c1-3-14-30(15-4-1)43-48-44(31-16-5-2-6-17-31)50-45(49-43)34-20-11-18-32(28-34)33-19-12-21-35(29-33)51-39-25-9-7-22-36(39)42-37(23-13-26-40(42)51)46-47-38-24-8-10-27-41(38)52-46/h1-29H. The third kappa shape index (κ3) is 5.13. The third-order valence-corrected chi connectivity index (χ3v) is 9.48. The van der Waals surface area contributed by atoms with Crippen molar-refractivity contribution in [1.82, 2.24) is 24.5 Å². The Morgan fingerprint density at radius 1 is 0.404 bits per heavy atom. The van der Waals surface area contributed by atoms with Crippen molar-refractivity contribution >= 4 is 32.9 Å². The summed E-state index contributed by atoms with van der Waals surface area (Å²) < 4.78 is 8.61. The molecule has 0 bridgehead atoms. The van der Waals surface area contributed by atoms with Crippen LogP contribution in [-0.4, -0.2) is 24.5 Å². The van der Waals surface area contributed by atoms with Gasteiger partial charge in [0.2, 0.25) is 5.89 Å². The van der Waals surface area contributed by atoms with Crippen LogP contribution in [0.3, 0.4) is 0 Å². The van der Waals surface area contributed by atoms with E-state index in [1.807, 2.05) is 84.9 Å². The van der Waals surface area contributed by atoms with E-state index in [4.69, 9.17) is 24.4 Å². The van der Waals surface area contributed by atoms with Crippen LogP contribution in [0.4, 0.5) is 0 Å². The molecule has 6 heteroatoms. The lowest BCUT2D eigenvalue weighted by atomic mass is 10.0. The third-order valence-electron chi connectivity index (χ3n) is 9.48. The largest absolute Gasteiger partial charge is 0.436 e. The van der Waals surface area contributed by atoms with E-state index in [0.29, 0.717) is 23.4 Å². The summed E-state index contributed by atoms with van der Waals surface area (Å²) in [6.45, 7) is 0. The molecule has 0 atom stereocenters. The van der Waals surface area contributed by atoms with Crippen LogP contribution in [0.5, 0.6) is 0 Å². The quantitative estimate of drug-likeness (QED) is 0.176. The predicted octanol–water partition coefficient (Wildman–Crippen LogP) is 11.4. The summed E-state index contributed by atoms with van der Waals surface area (Å²) in [5.74, 6) is 2.52. The van der Waals surface area contributed by atoms with Crippen LogP contribution in [0.25, 0.3) is 95.3 Å². The molecule has 10 aromatic rings. The van der Waals surface area contributed by atoms with Crippen LogP contribution in [0.1, 0.15) is 0 Å². The summed E-state index contributed by atoms with van der Waals surface area (Å²) >= 11 is 0. The number of rotatable bonds is 6. The van der Waals surface area contributed by atoms with Gasteiger partial charge in [0.15, 0.2) is 23.1 Å². The molecule has 0 aliphatic rings. The fraction of sp³-hybridized carbons (Fsp3) is 0. The van der Waals surface area contributed by atoms with Crippen molar-refractivity contribution in [2.24, 2.45) is 0 Å². The molecule has 0 radical (unpaired) electrons. The van der Waals surface area contributed by atoms with Crippen LogP contribution in [0, 0.1) is 0 Å². The maximum atomic E-state index is 6.28. The lowest BCUT2D eigenvalue weighted by Gasteiger charge is -2.12.